The van der Waals surface area contributed by atoms with E-state index in [2.05, 4.69) is 15.6 Å². The maximum absolute atomic E-state index is 13.7. The zero-order valence-electron chi connectivity index (χ0n) is 21.6. The van der Waals surface area contributed by atoms with Crippen LogP contribution in [0, 0.1) is 0 Å². The van der Waals surface area contributed by atoms with Crippen molar-refractivity contribution in [3.8, 4) is 28.6 Å². The summed E-state index contributed by atoms with van der Waals surface area (Å²) < 4.78 is 18.6. The Labute approximate surface area is 220 Å². The molecule has 1 aliphatic heterocycles. The normalized spacial score (nSPS) is 14.4. The van der Waals surface area contributed by atoms with Crippen LogP contribution in [-0.4, -0.2) is 46.5 Å². The second kappa shape index (κ2) is 10.6. The van der Waals surface area contributed by atoms with E-state index >= 15 is 0 Å². The number of para-hydroxylation sites is 1. The predicted molar refractivity (Wildman–Crippen MR) is 144 cm³/mol. The number of amides is 1. The lowest BCUT2D eigenvalue weighted by atomic mass is 9.94. The van der Waals surface area contributed by atoms with Gasteiger partial charge in [0.05, 0.1) is 38.3 Å². The SMILES string of the molecule is CCOc1ccc(-c2nc3n(n2)C(c2cccc(OC)c2OC)C(C(=O)Nc2cccnc2)=C(C)N3)cc1. The molecular formula is C28H28N6O4. The quantitative estimate of drug-likeness (QED) is 0.350. The average molecular weight is 513 g/mol. The van der Waals surface area contributed by atoms with Gasteiger partial charge in [-0.1, -0.05) is 12.1 Å². The molecule has 2 aromatic heterocycles. The number of nitrogens with zero attached hydrogens (tertiary/aromatic N) is 4. The van der Waals surface area contributed by atoms with Crippen molar-refractivity contribution in [2.45, 2.75) is 19.9 Å². The van der Waals surface area contributed by atoms with Gasteiger partial charge in [0.25, 0.3) is 5.91 Å². The van der Waals surface area contributed by atoms with Crippen LogP contribution >= 0.6 is 0 Å². The van der Waals surface area contributed by atoms with E-state index in [0.29, 0.717) is 52.4 Å². The van der Waals surface area contributed by atoms with E-state index in [1.54, 1.807) is 43.4 Å². The van der Waals surface area contributed by atoms with Gasteiger partial charge < -0.3 is 24.8 Å². The third-order valence-electron chi connectivity index (χ3n) is 6.17. The number of carbonyl (C=O) groups excluding carboxylic acids is 1. The summed E-state index contributed by atoms with van der Waals surface area (Å²) in [6.07, 6.45) is 3.24. The largest absolute Gasteiger partial charge is 0.494 e. The number of allylic oxidation sites excluding steroid dienone is 1. The smallest absolute Gasteiger partial charge is 0.255 e. The van der Waals surface area contributed by atoms with Crippen LogP contribution in [0.25, 0.3) is 11.4 Å². The molecule has 4 aromatic rings. The molecule has 2 aromatic carbocycles. The van der Waals surface area contributed by atoms with Crippen LogP contribution in [0.3, 0.4) is 0 Å². The van der Waals surface area contributed by atoms with Crippen LogP contribution in [-0.2, 0) is 4.79 Å². The van der Waals surface area contributed by atoms with Crippen LogP contribution in [0.5, 0.6) is 17.2 Å². The van der Waals surface area contributed by atoms with Crippen molar-refractivity contribution in [2.24, 2.45) is 0 Å². The van der Waals surface area contributed by atoms with E-state index in [1.807, 2.05) is 56.3 Å². The molecule has 38 heavy (non-hydrogen) atoms. The summed E-state index contributed by atoms with van der Waals surface area (Å²) in [5.41, 5.74) is 3.19. The summed E-state index contributed by atoms with van der Waals surface area (Å²) in [7, 11) is 3.15. The van der Waals surface area contributed by atoms with E-state index < -0.39 is 6.04 Å². The monoisotopic (exact) mass is 512 g/mol. The van der Waals surface area contributed by atoms with Crippen LogP contribution in [0.2, 0.25) is 0 Å². The van der Waals surface area contributed by atoms with E-state index in [9.17, 15) is 4.79 Å². The highest BCUT2D eigenvalue weighted by Gasteiger charge is 2.37. The molecule has 0 saturated carbocycles. The molecule has 0 bridgehead atoms. The van der Waals surface area contributed by atoms with Crippen LogP contribution in [0.4, 0.5) is 11.6 Å². The van der Waals surface area contributed by atoms with Gasteiger partial charge in [-0.3, -0.25) is 9.78 Å². The first-order valence-electron chi connectivity index (χ1n) is 12.1. The number of hydrogen-bond donors (Lipinski definition) is 2. The lowest BCUT2D eigenvalue weighted by Gasteiger charge is -2.29. The number of nitrogens with one attached hydrogen (secondary N) is 2. The Morgan fingerprint density at radius 1 is 1.08 bits per heavy atom. The van der Waals surface area contributed by atoms with Crippen molar-refractivity contribution < 1.29 is 19.0 Å². The molecule has 0 fully saturated rings. The predicted octanol–water partition coefficient (Wildman–Crippen LogP) is 4.68. The Hall–Kier alpha value is -4.86. The fourth-order valence-corrected chi connectivity index (χ4v) is 4.48. The number of fused-ring (bicyclic) bond motifs is 1. The highest BCUT2D eigenvalue weighted by Crippen LogP contribution is 2.43. The first kappa shape index (κ1) is 24.8. The van der Waals surface area contributed by atoms with Crippen LogP contribution in [0.1, 0.15) is 25.5 Å². The number of methoxy groups -OCH3 is 2. The zero-order chi connectivity index (χ0) is 26.6. The van der Waals surface area contributed by atoms with Gasteiger partial charge in [-0.2, -0.15) is 4.98 Å². The number of anilines is 2. The van der Waals surface area contributed by atoms with Crippen molar-refractivity contribution >= 4 is 17.5 Å². The molecule has 5 rings (SSSR count). The number of pyridine rings is 1. The Morgan fingerprint density at radius 3 is 2.58 bits per heavy atom. The van der Waals surface area contributed by atoms with Crippen molar-refractivity contribution in [2.75, 3.05) is 31.5 Å². The van der Waals surface area contributed by atoms with Crippen LogP contribution < -0.4 is 24.8 Å². The number of carbonyl (C=O) groups is 1. The Balaban J connectivity index is 1.63. The summed E-state index contributed by atoms with van der Waals surface area (Å²) in [5.74, 6) is 2.52. The molecule has 194 valence electrons. The Kier molecular flexibility index (Phi) is 6.94. The fraction of sp³-hybridized carbons (Fsp3) is 0.214. The van der Waals surface area contributed by atoms with Crippen molar-refractivity contribution in [1.29, 1.82) is 0 Å². The Morgan fingerprint density at radius 2 is 1.89 bits per heavy atom. The van der Waals surface area contributed by atoms with Gasteiger partial charge in [-0.25, -0.2) is 4.68 Å². The third-order valence-corrected chi connectivity index (χ3v) is 6.17. The summed E-state index contributed by atoms with van der Waals surface area (Å²) in [6.45, 7) is 4.36. The van der Waals surface area contributed by atoms with Gasteiger partial charge in [-0.15, -0.1) is 5.10 Å². The number of aromatic nitrogens is 4. The zero-order valence-corrected chi connectivity index (χ0v) is 21.6. The number of ether oxygens (including phenoxy) is 3. The molecule has 2 N–H and O–H groups in total. The molecule has 0 saturated heterocycles. The van der Waals surface area contributed by atoms with Crippen molar-refractivity contribution in [3.05, 3.63) is 83.8 Å². The summed E-state index contributed by atoms with van der Waals surface area (Å²) in [4.78, 5) is 22.6. The molecule has 10 heteroatoms. The second-order valence-corrected chi connectivity index (χ2v) is 8.51. The van der Waals surface area contributed by atoms with Gasteiger partial charge in [0.2, 0.25) is 5.95 Å². The van der Waals surface area contributed by atoms with E-state index in [0.717, 1.165) is 11.3 Å². The Bertz CT molecular complexity index is 1480. The van der Waals surface area contributed by atoms with E-state index in [-0.39, 0.29) is 5.91 Å². The lowest BCUT2D eigenvalue weighted by Crippen LogP contribution is -2.31. The molecule has 10 nitrogen and oxygen atoms in total. The average Bonchev–Trinajstić information content (AvgIpc) is 3.36. The number of benzene rings is 2. The van der Waals surface area contributed by atoms with E-state index in [4.69, 9.17) is 24.3 Å². The van der Waals surface area contributed by atoms with Crippen LogP contribution in [0.15, 0.2) is 78.3 Å². The molecule has 0 radical (unpaired) electrons. The van der Waals surface area contributed by atoms with Gasteiger partial charge in [0, 0.05) is 23.0 Å². The minimum absolute atomic E-state index is 0.304. The topological polar surface area (TPSA) is 112 Å². The molecule has 3 heterocycles. The molecule has 1 unspecified atom stereocenters. The molecule has 1 atom stereocenters. The molecule has 0 spiro atoms. The van der Waals surface area contributed by atoms with Gasteiger partial charge >= 0.3 is 0 Å². The maximum atomic E-state index is 13.7. The minimum atomic E-state index is -0.656. The first-order chi connectivity index (χ1) is 18.5. The van der Waals surface area contributed by atoms with Gasteiger partial charge in [0.1, 0.15) is 11.8 Å². The third kappa shape index (κ3) is 4.63. The minimum Gasteiger partial charge on any atom is -0.494 e. The van der Waals surface area contributed by atoms with Gasteiger partial charge in [0.15, 0.2) is 17.3 Å². The fourth-order valence-electron chi connectivity index (χ4n) is 4.48. The first-order valence-corrected chi connectivity index (χ1v) is 12.1. The standard InChI is InChI=1S/C28H28N6O4/c1-5-38-20-13-11-18(12-14-20)26-32-28-30-17(2)23(27(35)31-19-8-7-15-29-16-19)24(34(28)33-26)21-9-6-10-22(36-3)25(21)37-4/h6-16,24H,5H2,1-4H3,(H,31,35)(H,30,32,33). The summed E-state index contributed by atoms with van der Waals surface area (Å²) in [6, 6.07) is 16.0. The molecular weight excluding hydrogens is 484 g/mol. The molecule has 1 amide bonds. The maximum Gasteiger partial charge on any atom is 0.255 e. The van der Waals surface area contributed by atoms with Gasteiger partial charge in [-0.05, 0) is 56.3 Å². The van der Waals surface area contributed by atoms with Crippen molar-refractivity contribution in [3.63, 3.8) is 0 Å². The lowest BCUT2D eigenvalue weighted by molar-refractivity contribution is -0.113. The van der Waals surface area contributed by atoms with Crippen molar-refractivity contribution in [1.82, 2.24) is 19.7 Å². The number of hydrogen-bond acceptors (Lipinski definition) is 8. The highest BCUT2D eigenvalue weighted by atomic mass is 16.5. The molecule has 0 aliphatic carbocycles. The van der Waals surface area contributed by atoms with E-state index in [1.165, 1.54) is 0 Å². The molecule has 1 aliphatic rings. The number of rotatable bonds is 8. The second-order valence-electron chi connectivity index (χ2n) is 8.51. The summed E-state index contributed by atoms with van der Waals surface area (Å²) in [5, 5.41) is 11.0. The highest BCUT2D eigenvalue weighted by molar-refractivity contribution is 6.06. The summed E-state index contributed by atoms with van der Waals surface area (Å²) >= 11 is 0.